The SMILES string of the molecule is N#CCc1cc(C(F)F)ncc1Cl. The fourth-order valence-corrected chi connectivity index (χ4v) is 1.01. The first kappa shape index (κ1) is 9.87. The van der Waals surface area contributed by atoms with Gasteiger partial charge in [-0.25, -0.2) is 8.78 Å². The van der Waals surface area contributed by atoms with Gasteiger partial charge in [0.25, 0.3) is 6.43 Å². The minimum absolute atomic E-state index is 0.0150. The van der Waals surface area contributed by atoms with E-state index >= 15 is 0 Å². The first-order chi connectivity index (χ1) is 6.15. The van der Waals surface area contributed by atoms with E-state index in [2.05, 4.69) is 4.98 Å². The molecular weight excluding hydrogens is 198 g/mol. The van der Waals surface area contributed by atoms with Crippen molar-refractivity contribution in [1.82, 2.24) is 4.98 Å². The summed E-state index contributed by atoms with van der Waals surface area (Å²) in [5, 5.41) is 8.60. The van der Waals surface area contributed by atoms with Crippen LogP contribution < -0.4 is 0 Å². The molecule has 0 aliphatic rings. The summed E-state index contributed by atoms with van der Waals surface area (Å²) >= 11 is 5.62. The molecule has 0 atom stereocenters. The van der Waals surface area contributed by atoms with Gasteiger partial charge in [0.15, 0.2) is 0 Å². The zero-order valence-corrected chi connectivity index (χ0v) is 7.22. The van der Waals surface area contributed by atoms with Crippen molar-refractivity contribution in [2.45, 2.75) is 12.8 Å². The minimum Gasteiger partial charge on any atom is -0.254 e. The summed E-state index contributed by atoms with van der Waals surface area (Å²) in [5.41, 5.74) is 0.0316. The molecule has 0 aromatic carbocycles. The van der Waals surface area contributed by atoms with Crippen LogP contribution in [0.2, 0.25) is 5.02 Å². The highest BCUT2D eigenvalue weighted by Crippen LogP contribution is 2.22. The van der Waals surface area contributed by atoms with E-state index < -0.39 is 6.43 Å². The molecule has 13 heavy (non-hydrogen) atoms. The van der Waals surface area contributed by atoms with E-state index in [1.165, 1.54) is 0 Å². The summed E-state index contributed by atoms with van der Waals surface area (Å²) in [4.78, 5) is 3.43. The van der Waals surface area contributed by atoms with Crippen LogP contribution in [-0.2, 0) is 6.42 Å². The standard InChI is InChI=1S/C8H5ClF2N2/c9-6-4-13-7(8(10)11)3-5(6)1-2-12/h3-4,8H,1H2. The van der Waals surface area contributed by atoms with E-state index in [4.69, 9.17) is 16.9 Å². The van der Waals surface area contributed by atoms with Gasteiger partial charge in [-0.15, -0.1) is 0 Å². The Morgan fingerprint density at radius 2 is 2.31 bits per heavy atom. The first-order valence-corrected chi connectivity index (χ1v) is 3.82. The molecule has 0 bridgehead atoms. The summed E-state index contributed by atoms with van der Waals surface area (Å²) in [6.07, 6.45) is -1.48. The average Bonchev–Trinajstić information content (AvgIpc) is 2.08. The monoisotopic (exact) mass is 202 g/mol. The lowest BCUT2D eigenvalue weighted by atomic mass is 10.2. The Morgan fingerprint density at radius 1 is 1.62 bits per heavy atom. The highest BCUT2D eigenvalue weighted by Gasteiger charge is 2.11. The van der Waals surface area contributed by atoms with Crippen molar-refractivity contribution in [3.63, 3.8) is 0 Å². The number of pyridine rings is 1. The lowest BCUT2D eigenvalue weighted by Gasteiger charge is -2.02. The first-order valence-electron chi connectivity index (χ1n) is 3.44. The normalized spacial score (nSPS) is 10.1. The van der Waals surface area contributed by atoms with Crippen molar-refractivity contribution >= 4 is 11.6 Å². The molecule has 1 aromatic heterocycles. The van der Waals surface area contributed by atoms with Crippen molar-refractivity contribution < 1.29 is 8.78 Å². The number of rotatable bonds is 2. The van der Waals surface area contributed by atoms with Crippen LogP contribution in [0, 0.1) is 11.3 Å². The van der Waals surface area contributed by atoms with Crippen molar-refractivity contribution in [3.05, 3.63) is 28.5 Å². The largest absolute Gasteiger partial charge is 0.280 e. The molecule has 1 heterocycles. The number of hydrogen-bond acceptors (Lipinski definition) is 2. The molecule has 0 aliphatic carbocycles. The van der Waals surface area contributed by atoms with Crippen LogP contribution in [0.15, 0.2) is 12.3 Å². The second-order valence-corrected chi connectivity index (χ2v) is 2.74. The van der Waals surface area contributed by atoms with Crippen molar-refractivity contribution in [2.75, 3.05) is 0 Å². The van der Waals surface area contributed by atoms with Crippen LogP contribution >= 0.6 is 11.6 Å². The fraction of sp³-hybridized carbons (Fsp3) is 0.250. The summed E-state index contributed by atoms with van der Waals surface area (Å²) in [5.74, 6) is 0. The molecule has 0 aliphatic heterocycles. The summed E-state index contributed by atoms with van der Waals surface area (Å²) in [6, 6.07) is 2.98. The Bertz CT molecular complexity index is 346. The van der Waals surface area contributed by atoms with Gasteiger partial charge >= 0.3 is 0 Å². The average molecular weight is 203 g/mol. The molecule has 2 nitrogen and oxygen atoms in total. The van der Waals surface area contributed by atoms with Crippen LogP contribution in [0.1, 0.15) is 17.7 Å². The molecule has 1 rings (SSSR count). The smallest absolute Gasteiger partial charge is 0.254 e. The van der Waals surface area contributed by atoms with E-state index in [-0.39, 0.29) is 17.1 Å². The van der Waals surface area contributed by atoms with Gasteiger partial charge in [-0.3, -0.25) is 4.98 Å². The molecule has 0 N–H and O–H groups in total. The molecule has 0 amide bonds. The maximum absolute atomic E-state index is 12.1. The van der Waals surface area contributed by atoms with Gasteiger partial charge in [0.05, 0.1) is 17.5 Å². The van der Waals surface area contributed by atoms with Crippen LogP contribution in [0.25, 0.3) is 0 Å². The molecule has 0 spiro atoms. The molecule has 0 radical (unpaired) electrons. The minimum atomic E-state index is -2.63. The van der Waals surface area contributed by atoms with Gasteiger partial charge in [-0.2, -0.15) is 5.26 Å². The predicted octanol–water partition coefficient (Wildman–Crippen LogP) is 2.74. The van der Waals surface area contributed by atoms with Gasteiger partial charge in [0.1, 0.15) is 5.69 Å². The summed E-state index contributed by atoms with van der Waals surface area (Å²) in [6.45, 7) is 0. The number of alkyl halides is 2. The highest BCUT2D eigenvalue weighted by molar-refractivity contribution is 6.31. The molecule has 1 aromatic rings. The third-order valence-corrected chi connectivity index (χ3v) is 1.79. The van der Waals surface area contributed by atoms with Gasteiger partial charge in [-0.05, 0) is 11.6 Å². The second kappa shape index (κ2) is 4.15. The highest BCUT2D eigenvalue weighted by atomic mass is 35.5. The van der Waals surface area contributed by atoms with Crippen LogP contribution in [0.4, 0.5) is 8.78 Å². The van der Waals surface area contributed by atoms with Crippen LogP contribution in [0.5, 0.6) is 0 Å². The molecule has 0 fully saturated rings. The lowest BCUT2D eigenvalue weighted by Crippen LogP contribution is -1.93. The molecule has 5 heteroatoms. The Morgan fingerprint density at radius 3 is 2.85 bits per heavy atom. The number of hydrogen-bond donors (Lipinski definition) is 0. The number of aromatic nitrogens is 1. The lowest BCUT2D eigenvalue weighted by molar-refractivity contribution is 0.146. The van der Waals surface area contributed by atoms with Crippen LogP contribution in [-0.4, -0.2) is 4.98 Å². The number of nitrogens with zero attached hydrogens (tertiary/aromatic N) is 2. The van der Waals surface area contributed by atoms with Crippen molar-refractivity contribution in [3.8, 4) is 6.07 Å². The molecule has 0 saturated heterocycles. The molecule has 68 valence electrons. The van der Waals surface area contributed by atoms with E-state index in [0.29, 0.717) is 5.56 Å². The van der Waals surface area contributed by atoms with E-state index in [9.17, 15) is 8.78 Å². The van der Waals surface area contributed by atoms with Gasteiger partial charge in [0.2, 0.25) is 0 Å². The third kappa shape index (κ3) is 2.36. The van der Waals surface area contributed by atoms with E-state index in [1.54, 1.807) is 0 Å². The van der Waals surface area contributed by atoms with Gasteiger partial charge in [0, 0.05) is 6.20 Å². The number of halogens is 3. The van der Waals surface area contributed by atoms with Crippen molar-refractivity contribution in [2.24, 2.45) is 0 Å². The second-order valence-electron chi connectivity index (χ2n) is 2.34. The van der Waals surface area contributed by atoms with E-state index in [0.717, 1.165) is 12.3 Å². The quantitative estimate of drug-likeness (QED) is 0.740. The summed E-state index contributed by atoms with van der Waals surface area (Å²) in [7, 11) is 0. The summed E-state index contributed by atoms with van der Waals surface area (Å²) < 4.78 is 24.3. The molecule has 0 saturated carbocycles. The van der Waals surface area contributed by atoms with Gasteiger partial charge < -0.3 is 0 Å². The third-order valence-electron chi connectivity index (χ3n) is 1.45. The Labute approximate surface area is 78.8 Å². The number of nitriles is 1. The zero-order valence-electron chi connectivity index (χ0n) is 6.47. The Hall–Kier alpha value is -1.21. The maximum atomic E-state index is 12.1. The van der Waals surface area contributed by atoms with Crippen LogP contribution in [0.3, 0.4) is 0 Å². The maximum Gasteiger partial charge on any atom is 0.280 e. The molecular formula is C8H5ClF2N2. The molecule has 0 unspecified atom stereocenters. The van der Waals surface area contributed by atoms with E-state index in [1.807, 2.05) is 6.07 Å². The predicted molar refractivity (Wildman–Crippen MR) is 43.5 cm³/mol. The topological polar surface area (TPSA) is 36.7 Å². The Balaban J connectivity index is 3.05. The Kier molecular flexibility index (Phi) is 3.15. The zero-order chi connectivity index (χ0) is 9.84. The van der Waals surface area contributed by atoms with Gasteiger partial charge in [-0.1, -0.05) is 11.6 Å². The van der Waals surface area contributed by atoms with Crippen molar-refractivity contribution in [1.29, 1.82) is 5.26 Å². The fourth-order valence-electron chi connectivity index (χ4n) is 0.839.